The molecule has 19 heavy (non-hydrogen) atoms. The second-order valence-electron chi connectivity index (χ2n) is 6.31. The molecular weight excluding hydrogens is 238 g/mol. The van der Waals surface area contributed by atoms with Crippen molar-refractivity contribution < 1.29 is 9.53 Å². The molecule has 0 aliphatic carbocycles. The lowest BCUT2D eigenvalue weighted by atomic mass is 9.87. The number of benzene rings is 1. The monoisotopic (exact) mass is 261 g/mol. The highest BCUT2D eigenvalue weighted by molar-refractivity contribution is 5.90. The van der Waals surface area contributed by atoms with Gasteiger partial charge in [-0.15, -0.1) is 0 Å². The number of amides is 1. The molecule has 1 heterocycles. The minimum absolute atomic E-state index is 0.0824. The molecule has 1 aliphatic heterocycles. The molecule has 0 aromatic heterocycles. The lowest BCUT2D eigenvalue weighted by molar-refractivity contribution is -0.117. The molecule has 1 saturated heterocycles. The number of hydrogen-bond acceptors (Lipinski definition) is 2. The summed E-state index contributed by atoms with van der Waals surface area (Å²) in [6.07, 6.45) is 1.55. The van der Waals surface area contributed by atoms with Crippen molar-refractivity contribution in [1.29, 1.82) is 0 Å². The van der Waals surface area contributed by atoms with Crippen molar-refractivity contribution in [3.63, 3.8) is 0 Å². The Morgan fingerprint density at radius 3 is 2.53 bits per heavy atom. The van der Waals surface area contributed by atoms with Crippen molar-refractivity contribution in [2.24, 2.45) is 5.92 Å². The molecule has 1 aromatic carbocycles. The number of anilines is 1. The van der Waals surface area contributed by atoms with E-state index in [1.165, 1.54) is 5.56 Å². The first-order valence-electron chi connectivity index (χ1n) is 6.93. The fraction of sp³-hybridized carbons (Fsp3) is 0.562. The van der Waals surface area contributed by atoms with Crippen LogP contribution in [-0.4, -0.2) is 19.1 Å². The fourth-order valence-corrected chi connectivity index (χ4v) is 2.27. The number of carbonyl (C=O) groups excluding carboxylic acids is 1. The molecule has 0 bridgehead atoms. The van der Waals surface area contributed by atoms with E-state index < -0.39 is 0 Å². The van der Waals surface area contributed by atoms with Crippen LogP contribution in [0.25, 0.3) is 0 Å². The molecule has 0 spiro atoms. The van der Waals surface area contributed by atoms with Crippen molar-refractivity contribution in [3.8, 4) is 0 Å². The van der Waals surface area contributed by atoms with E-state index in [0.29, 0.717) is 12.3 Å². The van der Waals surface area contributed by atoms with E-state index in [4.69, 9.17) is 4.74 Å². The van der Waals surface area contributed by atoms with Gasteiger partial charge in [-0.1, -0.05) is 32.9 Å². The molecule has 0 saturated carbocycles. The average Bonchev–Trinajstić information content (AvgIpc) is 2.81. The minimum atomic E-state index is 0.0824. The van der Waals surface area contributed by atoms with Gasteiger partial charge in [-0.3, -0.25) is 4.79 Å². The molecule has 1 aliphatic rings. The lowest BCUT2D eigenvalue weighted by Crippen LogP contribution is -2.17. The Kier molecular flexibility index (Phi) is 4.25. The third-order valence-electron chi connectivity index (χ3n) is 3.53. The van der Waals surface area contributed by atoms with Crippen LogP contribution in [0.3, 0.4) is 0 Å². The highest BCUT2D eigenvalue weighted by atomic mass is 16.5. The second kappa shape index (κ2) is 5.74. The van der Waals surface area contributed by atoms with Crippen molar-refractivity contribution in [3.05, 3.63) is 29.8 Å². The molecule has 3 nitrogen and oxygen atoms in total. The lowest BCUT2D eigenvalue weighted by Gasteiger charge is -2.19. The highest BCUT2D eigenvalue weighted by Gasteiger charge is 2.19. The standard InChI is InChI=1S/C16H23NO2/c1-16(2,3)13-4-6-14(7-5-13)17-15(18)10-12-8-9-19-11-12/h4-7,12H,8-11H2,1-3H3,(H,17,18)/t12-/m1/s1. The summed E-state index contributed by atoms with van der Waals surface area (Å²) in [6.45, 7) is 8.05. The molecule has 1 amide bonds. The molecule has 104 valence electrons. The van der Waals surface area contributed by atoms with Gasteiger partial charge in [0.05, 0.1) is 0 Å². The van der Waals surface area contributed by atoms with Gasteiger partial charge in [-0.2, -0.15) is 0 Å². The number of hydrogen-bond donors (Lipinski definition) is 1. The van der Waals surface area contributed by atoms with Crippen LogP contribution in [0.2, 0.25) is 0 Å². The first kappa shape index (κ1) is 14.1. The van der Waals surface area contributed by atoms with Crippen molar-refractivity contribution in [2.45, 2.75) is 39.0 Å². The summed E-state index contributed by atoms with van der Waals surface area (Å²) in [5.41, 5.74) is 2.29. The Labute approximate surface area is 115 Å². The number of nitrogens with one attached hydrogen (secondary N) is 1. The van der Waals surface area contributed by atoms with Gasteiger partial charge in [-0.05, 0) is 35.4 Å². The molecular formula is C16H23NO2. The van der Waals surface area contributed by atoms with E-state index in [1.54, 1.807) is 0 Å². The van der Waals surface area contributed by atoms with Gasteiger partial charge >= 0.3 is 0 Å². The molecule has 2 rings (SSSR count). The molecule has 1 fully saturated rings. The fourth-order valence-electron chi connectivity index (χ4n) is 2.27. The van der Waals surface area contributed by atoms with Crippen LogP contribution in [0.5, 0.6) is 0 Å². The molecule has 0 unspecified atom stereocenters. The SMILES string of the molecule is CC(C)(C)c1ccc(NC(=O)C[C@H]2CCOC2)cc1. The zero-order valence-electron chi connectivity index (χ0n) is 12.0. The van der Waals surface area contributed by atoms with Crippen molar-refractivity contribution in [1.82, 2.24) is 0 Å². The predicted octanol–water partition coefficient (Wildman–Crippen LogP) is 3.35. The van der Waals surface area contributed by atoms with Crippen LogP contribution in [0.4, 0.5) is 5.69 Å². The quantitative estimate of drug-likeness (QED) is 0.906. The Balaban J connectivity index is 1.90. The molecule has 1 atom stereocenters. The van der Waals surface area contributed by atoms with Crippen LogP contribution in [0.15, 0.2) is 24.3 Å². The minimum Gasteiger partial charge on any atom is -0.381 e. The summed E-state index contributed by atoms with van der Waals surface area (Å²) < 4.78 is 5.28. The summed E-state index contributed by atoms with van der Waals surface area (Å²) >= 11 is 0. The van der Waals surface area contributed by atoms with Crippen LogP contribution in [0, 0.1) is 5.92 Å². The van der Waals surface area contributed by atoms with Gasteiger partial charge < -0.3 is 10.1 Å². The van der Waals surface area contributed by atoms with E-state index in [2.05, 4.69) is 38.2 Å². The van der Waals surface area contributed by atoms with Crippen LogP contribution in [-0.2, 0) is 14.9 Å². The Hall–Kier alpha value is -1.35. The maximum absolute atomic E-state index is 11.9. The maximum atomic E-state index is 11.9. The normalized spacial score (nSPS) is 19.4. The molecule has 1 aromatic rings. The van der Waals surface area contributed by atoms with E-state index >= 15 is 0 Å². The Morgan fingerprint density at radius 2 is 2.00 bits per heavy atom. The number of ether oxygens (including phenoxy) is 1. The Bertz CT molecular complexity index is 425. The first-order valence-corrected chi connectivity index (χ1v) is 6.93. The summed E-state index contributed by atoms with van der Waals surface area (Å²) in [5, 5.41) is 2.95. The van der Waals surface area contributed by atoms with Gasteiger partial charge in [0, 0.05) is 25.3 Å². The maximum Gasteiger partial charge on any atom is 0.224 e. The average molecular weight is 261 g/mol. The summed E-state index contributed by atoms with van der Waals surface area (Å²) in [4.78, 5) is 11.9. The molecule has 1 N–H and O–H groups in total. The van der Waals surface area contributed by atoms with E-state index in [9.17, 15) is 4.79 Å². The summed E-state index contributed by atoms with van der Waals surface area (Å²) in [6, 6.07) is 8.11. The third kappa shape index (κ3) is 4.06. The van der Waals surface area contributed by atoms with Crippen LogP contribution >= 0.6 is 0 Å². The number of carbonyl (C=O) groups is 1. The Morgan fingerprint density at radius 1 is 1.32 bits per heavy atom. The number of rotatable bonds is 3. The zero-order chi connectivity index (χ0) is 13.9. The summed E-state index contributed by atoms with van der Waals surface area (Å²) in [5.74, 6) is 0.466. The van der Waals surface area contributed by atoms with Gasteiger partial charge in [0.1, 0.15) is 0 Å². The van der Waals surface area contributed by atoms with Crippen molar-refractivity contribution in [2.75, 3.05) is 18.5 Å². The van der Waals surface area contributed by atoms with Crippen molar-refractivity contribution >= 4 is 11.6 Å². The van der Waals surface area contributed by atoms with Crippen LogP contribution < -0.4 is 5.32 Å². The highest BCUT2D eigenvalue weighted by Crippen LogP contribution is 2.24. The van der Waals surface area contributed by atoms with Gasteiger partial charge in [0.2, 0.25) is 5.91 Å². The van der Waals surface area contributed by atoms with E-state index in [-0.39, 0.29) is 11.3 Å². The van der Waals surface area contributed by atoms with Gasteiger partial charge in [0.25, 0.3) is 0 Å². The topological polar surface area (TPSA) is 38.3 Å². The third-order valence-corrected chi connectivity index (χ3v) is 3.53. The van der Waals surface area contributed by atoms with E-state index in [0.717, 1.165) is 25.3 Å². The second-order valence-corrected chi connectivity index (χ2v) is 6.31. The molecule has 0 radical (unpaired) electrons. The largest absolute Gasteiger partial charge is 0.381 e. The first-order chi connectivity index (χ1) is 8.95. The zero-order valence-corrected chi connectivity index (χ0v) is 12.0. The molecule has 3 heteroatoms. The summed E-state index contributed by atoms with van der Waals surface area (Å²) in [7, 11) is 0. The van der Waals surface area contributed by atoms with Gasteiger partial charge in [-0.25, -0.2) is 0 Å². The smallest absolute Gasteiger partial charge is 0.224 e. The van der Waals surface area contributed by atoms with Crippen LogP contribution in [0.1, 0.15) is 39.2 Å². The van der Waals surface area contributed by atoms with Gasteiger partial charge in [0.15, 0.2) is 0 Å². The van der Waals surface area contributed by atoms with E-state index in [1.807, 2.05) is 12.1 Å². The predicted molar refractivity (Wildman–Crippen MR) is 77.3 cm³/mol.